The number of carbonyl (C=O) groups excluding carboxylic acids is 1. The molecule has 0 aliphatic carbocycles. The summed E-state index contributed by atoms with van der Waals surface area (Å²) < 4.78 is 6.48. The molecule has 0 bridgehead atoms. The fourth-order valence-corrected chi connectivity index (χ4v) is 3.25. The monoisotopic (exact) mass is 391 g/mol. The Kier molecular flexibility index (Phi) is 5.11. The molecule has 3 aromatic heterocycles. The summed E-state index contributed by atoms with van der Waals surface area (Å²) in [6, 6.07) is 13.1. The first-order chi connectivity index (χ1) is 13.7. The molecule has 3 heterocycles. The van der Waals surface area contributed by atoms with E-state index in [0.717, 1.165) is 16.9 Å². The lowest BCUT2D eigenvalue weighted by atomic mass is 10.2. The Bertz CT molecular complexity index is 1060. The number of nitrogens with zero attached hydrogens (tertiary/aromatic N) is 4. The van der Waals surface area contributed by atoms with Crippen molar-refractivity contribution in [3.63, 3.8) is 0 Å². The lowest BCUT2D eigenvalue weighted by Crippen LogP contribution is -2.17. The number of hydrogen-bond donors (Lipinski definition) is 1. The topological polar surface area (TPSA) is 81.9 Å². The van der Waals surface area contributed by atoms with E-state index in [1.54, 1.807) is 37.0 Å². The molecule has 0 fully saturated rings. The van der Waals surface area contributed by atoms with Gasteiger partial charge in [0, 0.05) is 29.9 Å². The highest BCUT2D eigenvalue weighted by Crippen LogP contribution is 2.20. The van der Waals surface area contributed by atoms with E-state index in [4.69, 9.17) is 4.74 Å². The van der Waals surface area contributed by atoms with Crippen molar-refractivity contribution in [3.05, 3.63) is 76.7 Å². The van der Waals surface area contributed by atoms with E-state index < -0.39 is 0 Å². The van der Waals surface area contributed by atoms with Gasteiger partial charge >= 0.3 is 0 Å². The van der Waals surface area contributed by atoms with Crippen molar-refractivity contribution in [3.8, 4) is 17.1 Å². The van der Waals surface area contributed by atoms with E-state index in [0.29, 0.717) is 23.9 Å². The lowest BCUT2D eigenvalue weighted by Gasteiger charge is -2.07. The van der Waals surface area contributed by atoms with Gasteiger partial charge in [-0.25, -0.2) is 0 Å². The maximum atomic E-state index is 12.9. The van der Waals surface area contributed by atoms with E-state index in [9.17, 15) is 4.79 Å². The van der Waals surface area contributed by atoms with Crippen LogP contribution >= 0.6 is 11.3 Å². The first kappa shape index (κ1) is 17.9. The third-order valence-electron chi connectivity index (χ3n) is 4.10. The van der Waals surface area contributed by atoms with Crippen LogP contribution in [0.3, 0.4) is 0 Å². The van der Waals surface area contributed by atoms with Gasteiger partial charge < -0.3 is 10.1 Å². The van der Waals surface area contributed by atoms with Crippen LogP contribution in [0.5, 0.6) is 5.75 Å². The van der Waals surface area contributed by atoms with Crippen LogP contribution in [0.1, 0.15) is 15.9 Å². The largest absolute Gasteiger partial charge is 0.497 e. The average Bonchev–Trinajstić information content (AvgIpc) is 3.43. The summed E-state index contributed by atoms with van der Waals surface area (Å²) in [4.78, 5) is 21.5. The van der Waals surface area contributed by atoms with E-state index in [1.807, 2.05) is 35.7 Å². The van der Waals surface area contributed by atoms with Gasteiger partial charge in [0.25, 0.3) is 5.91 Å². The molecular weight excluding hydrogens is 374 g/mol. The van der Waals surface area contributed by atoms with Gasteiger partial charge in [0.1, 0.15) is 5.75 Å². The SMILES string of the molecule is COc1ccc(CNc2nc(-c3cccnc3)nn2C(=O)c2ccsc2)cc1. The number of hydrogen-bond acceptors (Lipinski definition) is 7. The minimum atomic E-state index is -0.235. The minimum Gasteiger partial charge on any atom is -0.497 e. The summed E-state index contributed by atoms with van der Waals surface area (Å²) >= 11 is 1.46. The summed E-state index contributed by atoms with van der Waals surface area (Å²) in [5, 5.41) is 11.3. The van der Waals surface area contributed by atoms with E-state index >= 15 is 0 Å². The molecule has 0 unspecified atom stereocenters. The van der Waals surface area contributed by atoms with E-state index in [-0.39, 0.29) is 5.91 Å². The number of carbonyl (C=O) groups is 1. The Balaban J connectivity index is 1.63. The van der Waals surface area contributed by atoms with Gasteiger partial charge in [-0.05, 0) is 41.3 Å². The molecule has 1 aromatic carbocycles. The van der Waals surface area contributed by atoms with Crippen LogP contribution in [0.15, 0.2) is 65.6 Å². The highest BCUT2D eigenvalue weighted by molar-refractivity contribution is 7.08. The summed E-state index contributed by atoms with van der Waals surface area (Å²) in [6.07, 6.45) is 3.35. The first-order valence-electron chi connectivity index (χ1n) is 8.56. The number of benzene rings is 1. The lowest BCUT2D eigenvalue weighted by molar-refractivity contribution is 0.0948. The van der Waals surface area contributed by atoms with Crippen molar-refractivity contribution in [1.82, 2.24) is 19.7 Å². The number of pyridine rings is 1. The molecule has 1 N–H and O–H groups in total. The van der Waals surface area contributed by atoms with Crippen molar-refractivity contribution in [2.24, 2.45) is 0 Å². The Morgan fingerprint density at radius 2 is 2.07 bits per heavy atom. The summed E-state index contributed by atoms with van der Waals surface area (Å²) in [6.45, 7) is 0.492. The van der Waals surface area contributed by atoms with Gasteiger partial charge in [-0.15, -0.1) is 5.10 Å². The zero-order valence-corrected chi connectivity index (χ0v) is 15.9. The second-order valence-corrected chi connectivity index (χ2v) is 6.71. The third kappa shape index (κ3) is 3.77. The van der Waals surface area contributed by atoms with Crippen LogP contribution in [0.4, 0.5) is 5.95 Å². The summed E-state index contributed by atoms with van der Waals surface area (Å²) in [7, 11) is 1.63. The summed E-state index contributed by atoms with van der Waals surface area (Å²) in [5.41, 5.74) is 2.34. The number of aromatic nitrogens is 4. The summed E-state index contributed by atoms with van der Waals surface area (Å²) in [5.74, 6) is 1.37. The van der Waals surface area contributed by atoms with Crippen molar-refractivity contribution >= 4 is 23.2 Å². The maximum Gasteiger partial charge on any atom is 0.282 e. The quantitative estimate of drug-likeness (QED) is 0.540. The average molecular weight is 391 g/mol. The Hall–Kier alpha value is -3.52. The van der Waals surface area contributed by atoms with Gasteiger partial charge in [-0.1, -0.05) is 12.1 Å². The van der Waals surface area contributed by atoms with Gasteiger partial charge in [0.05, 0.1) is 12.7 Å². The molecule has 140 valence electrons. The first-order valence-corrected chi connectivity index (χ1v) is 9.50. The van der Waals surface area contributed by atoms with Crippen LogP contribution in [0.25, 0.3) is 11.4 Å². The molecule has 0 radical (unpaired) electrons. The number of nitrogens with one attached hydrogen (secondary N) is 1. The maximum absolute atomic E-state index is 12.9. The number of thiophene rings is 1. The van der Waals surface area contributed by atoms with E-state index in [2.05, 4.69) is 20.4 Å². The van der Waals surface area contributed by atoms with Crippen LogP contribution in [-0.4, -0.2) is 32.8 Å². The normalized spacial score (nSPS) is 10.6. The number of ether oxygens (including phenoxy) is 1. The smallest absolute Gasteiger partial charge is 0.282 e. The van der Waals surface area contributed by atoms with Crippen molar-refractivity contribution in [1.29, 1.82) is 0 Å². The molecular formula is C20H17N5O2S. The molecule has 4 rings (SSSR count). The highest BCUT2D eigenvalue weighted by Gasteiger charge is 2.19. The van der Waals surface area contributed by atoms with Crippen LogP contribution in [0.2, 0.25) is 0 Å². The van der Waals surface area contributed by atoms with Crippen molar-refractivity contribution in [2.45, 2.75) is 6.54 Å². The molecule has 0 aliphatic rings. The second kappa shape index (κ2) is 8.01. The van der Waals surface area contributed by atoms with Crippen LogP contribution < -0.4 is 10.1 Å². The molecule has 0 aliphatic heterocycles. The van der Waals surface area contributed by atoms with Crippen LogP contribution in [-0.2, 0) is 6.54 Å². The molecule has 8 heteroatoms. The van der Waals surface area contributed by atoms with E-state index in [1.165, 1.54) is 16.0 Å². The minimum absolute atomic E-state index is 0.235. The Morgan fingerprint density at radius 3 is 2.75 bits per heavy atom. The molecule has 0 spiro atoms. The number of rotatable bonds is 6. The Labute approximate surface area is 165 Å². The number of methoxy groups -OCH3 is 1. The predicted octanol–water partition coefficient (Wildman–Crippen LogP) is 3.71. The zero-order chi connectivity index (χ0) is 19.3. The van der Waals surface area contributed by atoms with Gasteiger partial charge in [-0.2, -0.15) is 21.0 Å². The molecule has 0 amide bonds. The molecule has 0 saturated carbocycles. The molecule has 28 heavy (non-hydrogen) atoms. The molecule has 7 nitrogen and oxygen atoms in total. The fourth-order valence-electron chi connectivity index (χ4n) is 2.62. The van der Waals surface area contributed by atoms with Crippen molar-refractivity contribution < 1.29 is 9.53 Å². The zero-order valence-electron chi connectivity index (χ0n) is 15.1. The molecule has 0 saturated heterocycles. The molecule has 4 aromatic rings. The van der Waals surface area contributed by atoms with Gasteiger partial charge in [0.15, 0.2) is 5.82 Å². The second-order valence-electron chi connectivity index (χ2n) is 5.93. The molecule has 0 atom stereocenters. The van der Waals surface area contributed by atoms with Crippen molar-refractivity contribution in [2.75, 3.05) is 12.4 Å². The standard InChI is InChI=1S/C20H17N5O2S/c1-27-17-6-4-14(5-7-17)11-22-20-23-18(15-3-2-9-21-12-15)24-25(20)19(26)16-8-10-28-13-16/h2-10,12-13H,11H2,1H3,(H,22,23,24). The fraction of sp³-hybridized carbons (Fsp3) is 0.100. The van der Waals surface area contributed by atoms with Crippen LogP contribution in [0, 0.1) is 0 Å². The third-order valence-corrected chi connectivity index (χ3v) is 4.78. The predicted molar refractivity (Wildman–Crippen MR) is 108 cm³/mol. The Morgan fingerprint density at radius 1 is 1.21 bits per heavy atom. The van der Waals surface area contributed by atoms with Gasteiger partial charge in [0.2, 0.25) is 5.95 Å². The highest BCUT2D eigenvalue weighted by atomic mass is 32.1. The van der Waals surface area contributed by atoms with Gasteiger partial charge in [-0.3, -0.25) is 9.78 Å². The number of anilines is 1.